The van der Waals surface area contributed by atoms with Crippen LogP contribution in [0.2, 0.25) is 0 Å². The van der Waals surface area contributed by atoms with Gasteiger partial charge in [-0.05, 0) is 27.4 Å². The number of aromatic nitrogens is 5. The Balaban J connectivity index is 1.68. The van der Waals surface area contributed by atoms with Gasteiger partial charge >= 0.3 is 0 Å². The molecule has 128 valence electrons. The molecule has 0 aliphatic carbocycles. The van der Waals surface area contributed by atoms with E-state index in [1.165, 1.54) is 0 Å². The molecule has 0 unspecified atom stereocenters. The number of hydrogen-bond donors (Lipinski definition) is 1. The summed E-state index contributed by atoms with van der Waals surface area (Å²) in [7, 11) is 0. The molecule has 4 rings (SSSR count). The highest BCUT2D eigenvalue weighted by Crippen LogP contribution is 2.24. The predicted molar refractivity (Wildman–Crippen MR) is 95.5 cm³/mol. The van der Waals surface area contributed by atoms with Gasteiger partial charge in [-0.2, -0.15) is 0 Å². The topological polar surface area (TPSA) is 93.8 Å². The average Bonchev–Trinajstić information content (AvgIpc) is 3.15. The Morgan fingerprint density at radius 1 is 1.04 bits per heavy atom. The summed E-state index contributed by atoms with van der Waals surface area (Å²) in [4.78, 5) is 16.0. The van der Waals surface area contributed by atoms with Crippen LogP contribution in [0.4, 0.5) is 0 Å². The second-order valence-electron chi connectivity index (χ2n) is 5.82. The molecule has 7 heteroatoms. The molecule has 0 amide bonds. The van der Waals surface area contributed by atoms with E-state index >= 15 is 0 Å². The van der Waals surface area contributed by atoms with Crippen molar-refractivity contribution >= 4 is 16.6 Å². The molecule has 7 nitrogen and oxygen atoms in total. The van der Waals surface area contributed by atoms with Crippen molar-refractivity contribution < 1.29 is 9.90 Å². The summed E-state index contributed by atoms with van der Waals surface area (Å²) in [5, 5.41) is 23.0. The molecule has 0 saturated carbocycles. The fourth-order valence-electron chi connectivity index (χ4n) is 2.84. The predicted octanol–water partition coefficient (Wildman–Crippen LogP) is 2.11. The Bertz CT molecular complexity index is 1070. The molecule has 2 heterocycles. The van der Waals surface area contributed by atoms with Crippen LogP contribution in [0.3, 0.4) is 0 Å². The van der Waals surface area contributed by atoms with E-state index in [-0.39, 0.29) is 5.78 Å². The molecular weight excluding hydrogens is 330 g/mol. The van der Waals surface area contributed by atoms with Crippen molar-refractivity contribution in [3.05, 3.63) is 71.9 Å². The number of ketones is 1. The van der Waals surface area contributed by atoms with Crippen molar-refractivity contribution in [2.24, 2.45) is 0 Å². The molecule has 0 bridgehead atoms. The fraction of sp³-hybridized carbons (Fsp3) is 0.105. The van der Waals surface area contributed by atoms with E-state index in [1.54, 1.807) is 23.0 Å². The molecular formula is C19H15N5O2. The molecule has 0 aliphatic heterocycles. The van der Waals surface area contributed by atoms with Crippen molar-refractivity contribution in [2.45, 2.75) is 6.54 Å². The molecule has 1 N–H and O–H groups in total. The highest BCUT2D eigenvalue weighted by molar-refractivity contribution is 5.97. The molecule has 0 atom stereocenters. The molecule has 0 spiro atoms. The highest BCUT2D eigenvalue weighted by Gasteiger charge is 2.14. The lowest BCUT2D eigenvalue weighted by molar-refractivity contribution is 0.0903. The van der Waals surface area contributed by atoms with Crippen LogP contribution in [-0.2, 0) is 6.54 Å². The van der Waals surface area contributed by atoms with Gasteiger partial charge in [0.15, 0.2) is 5.78 Å². The molecule has 0 saturated heterocycles. The zero-order valence-corrected chi connectivity index (χ0v) is 13.8. The summed E-state index contributed by atoms with van der Waals surface area (Å²) in [6.45, 7) is -0.0515. The lowest BCUT2D eigenvalue weighted by atomic mass is 10.1. The van der Waals surface area contributed by atoms with E-state index in [0.29, 0.717) is 17.9 Å². The van der Waals surface area contributed by atoms with Gasteiger partial charge in [0, 0.05) is 17.1 Å². The van der Waals surface area contributed by atoms with Crippen LogP contribution in [0.5, 0.6) is 0 Å². The smallest absolute Gasteiger partial charge is 0.201 e. The Labute approximate surface area is 148 Å². The summed E-state index contributed by atoms with van der Waals surface area (Å²) in [6, 6.07) is 16.9. The number of carbonyl (C=O) groups is 1. The van der Waals surface area contributed by atoms with Crippen LogP contribution >= 0.6 is 0 Å². The third-order valence-corrected chi connectivity index (χ3v) is 4.17. The van der Waals surface area contributed by atoms with E-state index in [9.17, 15) is 4.79 Å². The maximum absolute atomic E-state index is 11.5. The van der Waals surface area contributed by atoms with Gasteiger partial charge in [-0.15, -0.1) is 5.10 Å². The number of benzene rings is 2. The van der Waals surface area contributed by atoms with Crippen LogP contribution in [0.15, 0.2) is 60.8 Å². The molecule has 0 radical (unpaired) electrons. The SMILES string of the molecule is O=C(CO)c1ccc(Cn2nnnc2-c2nccc3ccccc23)cc1. The quantitative estimate of drug-likeness (QED) is 0.557. The van der Waals surface area contributed by atoms with Crippen LogP contribution in [-0.4, -0.2) is 42.7 Å². The fourth-order valence-corrected chi connectivity index (χ4v) is 2.84. The summed E-state index contributed by atoms with van der Waals surface area (Å²) >= 11 is 0. The Morgan fingerprint density at radius 2 is 1.85 bits per heavy atom. The Morgan fingerprint density at radius 3 is 2.65 bits per heavy atom. The number of fused-ring (bicyclic) bond motifs is 1. The monoisotopic (exact) mass is 345 g/mol. The lowest BCUT2D eigenvalue weighted by Gasteiger charge is -2.07. The van der Waals surface area contributed by atoms with Crippen molar-refractivity contribution in [3.63, 3.8) is 0 Å². The van der Waals surface area contributed by atoms with Gasteiger partial charge in [-0.25, -0.2) is 4.68 Å². The maximum atomic E-state index is 11.5. The van der Waals surface area contributed by atoms with Crippen molar-refractivity contribution in [2.75, 3.05) is 6.61 Å². The van der Waals surface area contributed by atoms with E-state index in [1.807, 2.05) is 42.5 Å². The first-order valence-corrected chi connectivity index (χ1v) is 8.09. The summed E-state index contributed by atoms with van der Waals surface area (Å²) in [6.07, 6.45) is 1.74. The standard InChI is InChI=1S/C19H15N5O2/c25-12-17(26)15-7-5-13(6-8-15)11-24-19(21-22-23-24)18-16-4-2-1-3-14(16)9-10-20-18/h1-10,25H,11-12H2. The van der Waals surface area contributed by atoms with Gasteiger partial charge < -0.3 is 5.11 Å². The normalized spacial score (nSPS) is 11.0. The Kier molecular flexibility index (Phi) is 4.20. The van der Waals surface area contributed by atoms with Crippen molar-refractivity contribution in [3.8, 4) is 11.5 Å². The number of aliphatic hydroxyl groups excluding tert-OH is 1. The minimum Gasteiger partial charge on any atom is -0.388 e. The molecule has 2 aromatic heterocycles. The van der Waals surface area contributed by atoms with Gasteiger partial charge in [0.1, 0.15) is 12.3 Å². The van der Waals surface area contributed by atoms with Gasteiger partial charge in [0.05, 0.1) is 6.54 Å². The molecule has 2 aromatic carbocycles. The third-order valence-electron chi connectivity index (χ3n) is 4.17. The summed E-state index contributed by atoms with van der Waals surface area (Å²) in [5.74, 6) is 0.275. The number of rotatable bonds is 5. The average molecular weight is 345 g/mol. The van der Waals surface area contributed by atoms with Crippen LogP contribution in [0, 0.1) is 0 Å². The van der Waals surface area contributed by atoms with Crippen LogP contribution in [0.25, 0.3) is 22.3 Å². The molecule has 0 fully saturated rings. The highest BCUT2D eigenvalue weighted by atomic mass is 16.3. The number of aliphatic hydroxyl groups is 1. The maximum Gasteiger partial charge on any atom is 0.201 e. The van der Waals surface area contributed by atoms with Gasteiger partial charge in [-0.1, -0.05) is 48.5 Å². The number of pyridine rings is 1. The number of nitrogens with zero attached hydrogens (tertiary/aromatic N) is 5. The van der Waals surface area contributed by atoms with Crippen molar-refractivity contribution in [1.29, 1.82) is 0 Å². The van der Waals surface area contributed by atoms with Crippen molar-refractivity contribution in [1.82, 2.24) is 25.2 Å². The van der Waals surface area contributed by atoms with Gasteiger partial charge in [0.25, 0.3) is 0 Å². The lowest BCUT2D eigenvalue weighted by Crippen LogP contribution is -2.07. The largest absolute Gasteiger partial charge is 0.388 e. The van der Waals surface area contributed by atoms with E-state index < -0.39 is 6.61 Å². The van der Waals surface area contributed by atoms with Crippen LogP contribution < -0.4 is 0 Å². The number of tetrazole rings is 1. The Hall–Kier alpha value is -3.45. The second-order valence-corrected chi connectivity index (χ2v) is 5.82. The minimum atomic E-state index is -0.497. The summed E-state index contributed by atoms with van der Waals surface area (Å²) in [5.41, 5.74) is 2.14. The number of carbonyl (C=O) groups excluding carboxylic acids is 1. The van der Waals surface area contributed by atoms with Gasteiger partial charge in [-0.3, -0.25) is 9.78 Å². The van der Waals surface area contributed by atoms with Gasteiger partial charge in [0.2, 0.25) is 5.82 Å². The molecule has 26 heavy (non-hydrogen) atoms. The number of Topliss-reactive ketones (excluding diaryl/α,β-unsaturated/α-hetero) is 1. The summed E-state index contributed by atoms with van der Waals surface area (Å²) < 4.78 is 1.68. The van der Waals surface area contributed by atoms with E-state index in [2.05, 4.69) is 20.5 Å². The van der Waals surface area contributed by atoms with Crippen LogP contribution in [0.1, 0.15) is 15.9 Å². The molecule has 0 aliphatic rings. The molecule has 4 aromatic rings. The van der Waals surface area contributed by atoms with E-state index in [4.69, 9.17) is 5.11 Å². The first kappa shape index (κ1) is 16.0. The zero-order valence-electron chi connectivity index (χ0n) is 13.8. The first-order chi connectivity index (χ1) is 12.8. The third kappa shape index (κ3) is 2.96. The number of hydrogen-bond acceptors (Lipinski definition) is 6. The minimum absolute atomic E-state index is 0.306. The zero-order chi connectivity index (χ0) is 17.9. The second kappa shape index (κ2) is 6.81. The first-order valence-electron chi connectivity index (χ1n) is 8.09. The van der Waals surface area contributed by atoms with E-state index in [0.717, 1.165) is 22.0 Å².